The molecule has 0 bridgehead atoms. The molecule has 3 aromatic rings. The van der Waals surface area contributed by atoms with Crippen molar-refractivity contribution in [3.05, 3.63) is 83.4 Å². The summed E-state index contributed by atoms with van der Waals surface area (Å²) in [4.78, 5) is 30.9. The van der Waals surface area contributed by atoms with Gasteiger partial charge in [-0.1, -0.05) is 67.6 Å². The third kappa shape index (κ3) is 6.68. The number of nitrogens with zero attached hydrogens (tertiary/aromatic N) is 3. The molecule has 8 heteroatoms. The molecule has 0 aliphatic carbocycles. The average Bonchev–Trinajstić information content (AvgIpc) is 2.96. The summed E-state index contributed by atoms with van der Waals surface area (Å²) in [5.41, 5.74) is 2.82. The quantitative estimate of drug-likeness (QED) is 0.363. The van der Waals surface area contributed by atoms with Crippen LogP contribution in [0.5, 0.6) is 0 Å². The second kappa shape index (κ2) is 12.7. The largest absolute Gasteiger partial charge is 0.338 e. The summed E-state index contributed by atoms with van der Waals surface area (Å²) in [6, 6.07) is 21.6. The molecule has 3 aromatic carbocycles. The molecule has 1 heterocycles. The van der Waals surface area contributed by atoms with E-state index in [9.17, 15) is 18.0 Å². The molecule has 0 N–H and O–H groups in total. The molecular formula is C31H39N3O4S. The molecule has 1 saturated heterocycles. The van der Waals surface area contributed by atoms with E-state index in [4.69, 9.17) is 0 Å². The van der Waals surface area contributed by atoms with E-state index < -0.39 is 10.0 Å². The number of sulfonamides is 1. The van der Waals surface area contributed by atoms with Crippen LogP contribution in [0.15, 0.2) is 66.7 Å². The normalized spacial score (nSPS) is 14.6. The van der Waals surface area contributed by atoms with Gasteiger partial charge in [0.05, 0.1) is 12.3 Å². The van der Waals surface area contributed by atoms with Crippen LogP contribution in [0.4, 0.5) is 0 Å². The molecule has 1 aliphatic heterocycles. The minimum absolute atomic E-state index is 0.00481. The molecule has 4 rings (SSSR count). The highest BCUT2D eigenvalue weighted by Gasteiger charge is 2.33. The second-order valence-electron chi connectivity index (χ2n) is 10.2. The molecular weight excluding hydrogens is 510 g/mol. The minimum Gasteiger partial charge on any atom is -0.338 e. The van der Waals surface area contributed by atoms with Crippen LogP contribution in [-0.4, -0.2) is 72.3 Å². The Balaban J connectivity index is 1.53. The Hall–Kier alpha value is -3.23. The molecule has 1 fully saturated rings. The summed E-state index contributed by atoms with van der Waals surface area (Å²) in [6.45, 7) is 7.19. The van der Waals surface area contributed by atoms with Crippen LogP contribution in [-0.2, 0) is 21.4 Å². The molecule has 0 saturated carbocycles. The molecule has 0 unspecified atom stereocenters. The Kier molecular flexibility index (Phi) is 9.40. The Bertz CT molecular complexity index is 1410. The lowest BCUT2D eigenvalue weighted by molar-refractivity contribution is -0.135. The number of aryl methyl sites for hydroxylation is 1. The SMILES string of the molecule is CCCN(CC(=O)N(Cc1ccccc1C)C1CCN(C(=O)c2cccc3ccccc23)CC1)S(=O)(=O)CC. The number of likely N-dealkylation sites (tertiary alicyclic amines) is 1. The average molecular weight is 550 g/mol. The zero-order chi connectivity index (χ0) is 28.0. The predicted molar refractivity (Wildman–Crippen MR) is 156 cm³/mol. The van der Waals surface area contributed by atoms with Crippen molar-refractivity contribution in [3.63, 3.8) is 0 Å². The van der Waals surface area contributed by atoms with Crippen LogP contribution in [0.3, 0.4) is 0 Å². The standard InChI is InChI=1S/C31H39N3O4S/c1-4-19-33(39(37,38)5-2)23-30(35)34(22-26-13-7-6-11-24(26)3)27-17-20-32(21-18-27)31(36)29-16-10-14-25-12-8-9-15-28(25)29/h6-16,27H,4-5,17-23H2,1-3H3. The van der Waals surface area contributed by atoms with Gasteiger partial charge in [-0.05, 0) is 61.1 Å². The molecule has 0 spiro atoms. The van der Waals surface area contributed by atoms with Crippen LogP contribution in [0.2, 0.25) is 0 Å². The van der Waals surface area contributed by atoms with Gasteiger partial charge in [0.15, 0.2) is 0 Å². The van der Waals surface area contributed by atoms with Crippen LogP contribution < -0.4 is 0 Å². The number of piperidine rings is 1. The lowest BCUT2D eigenvalue weighted by Crippen LogP contribution is -2.51. The van der Waals surface area contributed by atoms with Crippen molar-refractivity contribution in [2.24, 2.45) is 0 Å². The maximum absolute atomic E-state index is 13.7. The van der Waals surface area contributed by atoms with Crippen molar-refractivity contribution in [2.45, 2.75) is 52.6 Å². The molecule has 0 radical (unpaired) electrons. The first-order valence-electron chi connectivity index (χ1n) is 13.8. The van der Waals surface area contributed by atoms with Crippen molar-refractivity contribution in [2.75, 3.05) is 31.9 Å². The number of hydrogen-bond acceptors (Lipinski definition) is 4. The first-order chi connectivity index (χ1) is 18.7. The van der Waals surface area contributed by atoms with Gasteiger partial charge in [0.2, 0.25) is 15.9 Å². The van der Waals surface area contributed by atoms with Gasteiger partial charge in [0.1, 0.15) is 0 Å². The smallest absolute Gasteiger partial charge is 0.254 e. The Morgan fingerprint density at radius 3 is 2.28 bits per heavy atom. The van der Waals surface area contributed by atoms with Gasteiger partial charge in [-0.2, -0.15) is 4.31 Å². The van der Waals surface area contributed by atoms with Crippen LogP contribution in [0.25, 0.3) is 10.8 Å². The van der Waals surface area contributed by atoms with Crippen LogP contribution in [0, 0.1) is 6.92 Å². The van der Waals surface area contributed by atoms with E-state index in [1.165, 1.54) is 4.31 Å². The number of amides is 2. The summed E-state index contributed by atoms with van der Waals surface area (Å²) in [7, 11) is -3.50. The lowest BCUT2D eigenvalue weighted by atomic mass is 9.98. The van der Waals surface area contributed by atoms with Crippen LogP contribution >= 0.6 is 0 Å². The molecule has 7 nitrogen and oxygen atoms in total. The highest BCUT2D eigenvalue weighted by molar-refractivity contribution is 7.89. The van der Waals surface area contributed by atoms with Gasteiger partial charge in [-0.15, -0.1) is 0 Å². The van der Waals surface area contributed by atoms with Gasteiger partial charge in [-0.25, -0.2) is 8.42 Å². The van der Waals surface area contributed by atoms with Crippen molar-refractivity contribution >= 4 is 32.6 Å². The summed E-state index contributed by atoms with van der Waals surface area (Å²) in [5, 5.41) is 1.98. The van der Waals surface area contributed by atoms with Crippen molar-refractivity contribution < 1.29 is 18.0 Å². The number of hydrogen-bond donors (Lipinski definition) is 0. The van der Waals surface area contributed by atoms with E-state index in [1.54, 1.807) is 6.92 Å². The Labute approximate surface area is 232 Å². The van der Waals surface area contributed by atoms with Crippen molar-refractivity contribution in [1.29, 1.82) is 0 Å². The Morgan fingerprint density at radius 2 is 1.59 bits per heavy atom. The molecule has 0 atom stereocenters. The van der Waals surface area contributed by atoms with E-state index in [0.717, 1.165) is 21.9 Å². The molecule has 1 aliphatic rings. The second-order valence-corrected chi connectivity index (χ2v) is 12.5. The first kappa shape index (κ1) is 28.8. The first-order valence-corrected chi connectivity index (χ1v) is 15.4. The zero-order valence-electron chi connectivity index (χ0n) is 23.2. The van der Waals surface area contributed by atoms with Gasteiger partial charge >= 0.3 is 0 Å². The maximum Gasteiger partial charge on any atom is 0.254 e. The monoisotopic (exact) mass is 549 g/mol. The molecule has 2 amide bonds. The maximum atomic E-state index is 13.7. The summed E-state index contributed by atoms with van der Waals surface area (Å²) >= 11 is 0. The van der Waals surface area contributed by atoms with Crippen molar-refractivity contribution in [3.8, 4) is 0 Å². The number of fused-ring (bicyclic) bond motifs is 1. The third-order valence-electron chi connectivity index (χ3n) is 7.68. The fraction of sp³-hybridized carbons (Fsp3) is 0.419. The van der Waals surface area contributed by atoms with Crippen molar-refractivity contribution in [1.82, 2.24) is 14.1 Å². The number of carbonyl (C=O) groups is 2. The summed E-state index contributed by atoms with van der Waals surface area (Å²) < 4.78 is 26.7. The molecule has 0 aromatic heterocycles. The molecule has 39 heavy (non-hydrogen) atoms. The third-order valence-corrected chi connectivity index (χ3v) is 9.51. The fourth-order valence-electron chi connectivity index (χ4n) is 5.34. The van der Waals surface area contributed by atoms with E-state index >= 15 is 0 Å². The van der Waals surface area contributed by atoms with Gasteiger partial charge in [0, 0.05) is 37.8 Å². The highest BCUT2D eigenvalue weighted by Crippen LogP contribution is 2.25. The predicted octanol–water partition coefficient (Wildman–Crippen LogP) is 4.84. The van der Waals surface area contributed by atoms with E-state index in [2.05, 4.69) is 0 Å². The van der Waals surface area contributed by atoms with E-state index in [-0.39, 0.29) is 30.2 Å². The fourth-order valence-corrected chi connectivity index (χ4v) is 6.48. The number of carbonyl (C=O) groups excluding carboxylic acids is 2. The summed E-state index contributed by atoms with van der Waals surface area (Å²) in [6.07, 6.45) is 1.92. The van der Waals surface area contributed by atoms with Gasteiger partial charge in [0.25, 0.3) is 5.91 Å². The zero-order valence-corrected chi connectivity index (χ0v) is 24.0. The topological polar surface area (TPSA) is 78.0 Å². The summed E-state index contributed by atoms with van der Waals surface area (Å²) in [5.74, 6) is -0.222. The van der Waals surface area contributed by atoms with Crippen LogP contribution in [0.1, 0.15) is 54.6 Å². The highest BCUT2D eigenvalue weighted by atomic mass is 32.2. The number of rotatable bonds is 10. The van der Waals surface area contributed by atoms with E-state index in [1.807, 2.05) is 90.4 Å². The number of benzene rings is 3. The minimum atomic E-state index is -3.50. The van der Waals surface area contributed by atoms with Gasteiger partial charge < -0.3 is 9.80 Å². The van der Waals surface area contributed by atoms with E-state index in [0.29, 0.717) is 51.0 Å². The molecule has 208 valence electrons. The Morgan fingerprint density at radius 1 is 0.923 bits per heavy atom. The van der Waals surface area contributed by atoms with Gasteiger partial charge in [-0.3, -0.25) is 9.59 Å². The lowest BCUT2D eigenvalue weighted by Gasteiger charge is -2.39.